The Morgan fingerprint density at radius 2 is 1.59 bits per heavy atom. The standard InChI is InChI=1S/C30H29NO/c1-16-8-13-23-18(14-16)15-22-26(31-23)19-10-9-17(2)27-24(19)25-20(30(22,6)7)11-12-21(28(25)32-27)29(3,4)5/h8-15H,1-7H3. The van der Waals surface area contributed by atoms with E-state index in [4.69, 9.17) is 9.40 Å². The molecule has 1 aliphatic rings. The van der Waals surface area contributed by atoms with Gasteiger partial charge in [0.05, 0.1) is 11.2 Å². The zero-order valence-corrected chi connectivity index (χ0v) is 20.0. The predicted molar refractivity (Wildman–Crippen MR) is 135 cm³/mol. The van der Waals surface area contributed by atoms with Crippen LogP contribution in [0.1, 0.15) is 62.4 Å². The number of furan rings is 1. The van der Waals surface area contributed by atoms with Crippen LogP contribution in [0.15, 0.2) is 52.9 Å². The summed E-state index contributed by atoms with van der Waals surface area (Å²) in [5, 5.41) is 3.68. The summed E-state index contributed by atoms with van der Waals surface area (Å²) in [7, 11) is 0. The highest BCUT2D eigenvalue weighted by molar-refractivity contribution is 6.17. The second-order valence-electron chi connectivity index (χ2n) is 11.1. The van der Waals surface area contributed by atoms with Crippen LogP contribution in [-0.2, 0) is 10.8 Å². The quantitative estimate of drug-likeness (QED) is 0.252. The maximum Gasteiger partial charge on any atom is 0.139 e. The maximum absolute atomic E-state index is 6.68. The van der Waals surface area contributed by atoms with Crippen molar-refractivity contribution in [1.29, 1.82) is 0 Å². The highest BCUT2D eigenvalue weighted by atomic mass is 16.3. The molecule has 0 saturated carbocycles. The van der Waals surface area contributed by atoms with Gasteiger partial charge in [0.15, 0.2) is 0 Å². The summed E-state index contributed by atoms with van der Waals surface area (Å²) in [6.45, 7) is 15.7. The third-order valence-corrected chi connectivity index (χ3v) is 7.35. The number of pyridine rings is 1. The van der Waals surface area contributed by atoms with Crippen molar-refractivity contribution in [3.8, 4) is 11.3 Å². The summed E-state index contributed by atoms with van der Waals surface area (Å²) >= 11 is 0. The van der Waals surface area contributed by atoms with Crippen LogP contribution in [0.3, 0.4) is 0 Å². The van der Waals surface area contributed by atoms with Gasteiger partial charge in [-0.3, -0.25) is 0 Å². The van der Waals surface area contributed by atoms with Gasteiger partial charge in [-0.05, 0) is 54.2 Å². The molecule has 2 nitrogen and oxygen atoms in total. The highest BCUT2D eigenvalue weighted by Gasteiger charge is 2.36. The molecule has 0 spiro atoms. The second-order valence-corrected chi connectivity index (χ2v) is 11.1. The largest absolute Gasteiger partial charge is 0.455 e. The summed E-state index contributed by atoms with van der Waals surface area (Å²) in [5.74, 6) is 0. The Morgan fingerprint density at radius 3 is 2.34 bits per heavy atom. The van der Waals surface area contributed by atoms with Crippen LogP contribution in [0.5, 0.6) is 0 Å². The van der Waals surface area contributed by atoms with Crippen LogP contribution in [0.4, 0.5) is 0 Å². The molecule has 1 aliphatic carbocycles. The molecule has 0 N–H and O–H groups in total. The van der Waals surface area contributed by atoms with Gasteiger partial charge >= 0.3 is 0 Å². The van der Waals surface area contributed by atoms with Crippen molar-refractivity contribution in [3.05, 3.63) is 76.3 Å². The summed E-state index contributed by atoms with van der Waals surface area (Å²) in [5.41, 5.74) is 11.4. The van der Waals surface area contributed by atoms with E-state index in [-0.39, 0.29) is 10.8 Å². The Labute approximate surface area is 189 Å². The van der Waals surface area contributed by atoms with Gasteiger partial charge in [-0.25, -0.2) is 4.98 Å². The molecule has 5 aromatic rings. The smallest absolute Gasteiger partial charge is 0.139 e. The van der Waals surface area contributed by atoms with Gasteiger partial charge in [-0.2, -0.15) is 0 Å². The van der Waals surface area contributed by atoms with Crippen LogP contribution < -0.4 is 0 Å². The van der Waals surface area contributed by atoms with Crippen LogP contribution in [0.2, 0.25) is 0 Å². The van der Waals surface area contributed by atoms with Crippen LogP contribution in [-0.4, -0.2) is 4.98 Å². The molecular weight excluding hydrogens is 390 g/mol. The van der Waals surface area contributed by atoms with Gasteiger partial charge in [-0.1, -0.05) is 70.5 Å². The van der Waals surface area contributed by atoms with E-state index in [1.807, 2.05) is 0 Å². The first-order chi connectivity index (χ1) is 15.1. The number of hydrogen-bond acceptors (Lipinski definition) is 2. The second kappa shape index (κ2) is 6.01. The molecule has 0 radical (unpaired) electrons. The lowest BCUT2D eigenvalue weighted by Crippen LogP contribution is -2.21. The summed E-state index contributed by atoms with van der Waals surface area (Å²) in [6, 6.07) is 17.9. The molecule has 160 valence electrons. The third kappa shape index (κ3) is 2.44. The maximum atomic E-state index is 6.68. The van der Waals surface area contributed by atoms with E-state index in [2.05, 4.69) is 97.0 Å². The van der Waals surface area contributed by atoms with Crippen LogP contribution in [0, 0.1) is 13.8 Å². The summed E-state index contributed by atoms with van der Waals surface area (Å²) < 4.78 is 6.68. The minimum absolute atomic E-state index is 0.00572. The first kappa shape index (κ1) is 19.5. The minimum atomic E-state index is -0.210. The number of fused-ring (bicyclic) bond motifs is 3. The Kier molecular flexibility index (Phi) is 3.67. The summed E-state index contributed by atoms with van der Waals surface area (Å²) in [4.78, 5) is 5.25. The zero-order chi connectivity index (χ0) is 22.6. The Hall–Kier alpha value is -3.13. The van der Waals surface area contributed by atoms with Gasteiger partial charge in [0, 0.05) is 32.7 Å². The van der Waals surface area contributed by atoms with E-state index in [0.29, 0.717) is 0 Å². The molecule has 0 atom stereocenters. The SMILES string of the molecule is Cc1ccc2nc3c(cc2c1)C(C)(C)c1ccc(C(C)(C)C)c2oc4c(C)ccc-3c4c12. The van der Waals surface area contributed by atoms with Crippen molar-refractivity contribution in [2.24, 2.45) is 0 Å². The molecule has 32 heavy (non-hydrogen) atoms. The van der Waals surface area contributed by atoms with Crippen molar-refractivity contribution < 1.29 is 4.42 Å². The molecule has 2 heteroatoms. The number of nitrogens with zero attached hydrogens (tertiary/aromatic N) is 1. The molecule has 0 bridgehead atoms. The normalized spacial score (nSPS) is 15.0. The van der Waals surface area contributed by atoms with E-state index in [9.17, 15) is 0 Å². The lowest BCUT2D eigenvalue weighted by molar-refractivity contribution is 0.570. The molecule has 2 heterocycles. The predicted octanol–water partition coefficient (Wildman–Crippen LogP) is 8.35. The van der Waals surface area contributed by atoms with E-state index in [0.717, 1.165) is 22.4 Å². The molecule has 0 unspecified atom stereocenters. The molecule has 0 aliphatic heterocycles. The number of hydrogen-bond donors (Lipinski definition) is 0. The minimum Gasteiger partial charge on any atom is -0.455 e. The average molecular weight is 420 g/mol. The number of aromatic nitrogens is 1. The third-order valence-electron chi connectivity index (χ3n) is 7.35. The molecule has 0 amide bonds. The lowest BCUT2D eigenvalue weighted by Gasteiger charge is -2.29. The van der Waals surface area contributed by atoms with Crippen molar-refractivity contribution in [2.45, 2.75) is 59.3 Å². The molecule has 6 rings (SSSR count). The van der Waals surface area contributed by atoms with Crippen LogP contribution in [0.25, 0.3) is 44.1 Å². The van der Waals surface area contributed by atoms with Crippen LogP contribution >= 0.6 is 0 Å². The van der Waals surface area contributed by atoms with E-state index in [1.54, 1.807) is 0 Å². The Bertz CT molecular complexity index is 1590. The first-order valence-corrected chi connectivity index (χ1v) is 11.5. The number of aryl methyl sites for hydroxylation is 2. The van der Waals surface area contributed by atoms with Gasteiger partial charge in [-0.15, -0.1) is 0 Å². The topological polar surface area (TPSA) is 26.0 Å². The number of benzene rings is 3. The Morgan fingerprint density at radius 1 is 0.812 bits per heavy atom. The number of rotatable bonds is 0. The van der Waals surface area contributed by atoms with Gasteiger partial charge in [0.25, 0.3) is 0 Å². The molecule has 0 fully saturated rings. The highest BCUT2D eigenvalue weighted by Crippen LogP contribution is 2.51. The molecule has 0 saturated heterocycles. The van der Waals surface area contributed by atoms with Crippen molar-refractivity contribution in [3.63, 3.8) is 0 Å². The van der Waals surface area contributed by atoms with Crippen molar-refractivity contribution in [2.75, 3.05) is 0 Å². The lowest BCUT2D eigenvalue weighted by atomic mass is 9.75. The molecule has 3 aromatic carbocycles. The van der Waals surface area contributed by atoms with Gasteiger partial charge < -0.3 is 4.42 Å². The fourth-order valence-electron chi connectivity index (χ4n) is 5.54. The van der Waals surface area contributed by atoms with E-state index < -0.39 is 0 Å². The zero-order valence-electron chi connectivity index (χ0n) is 20.0. The van der Waals surface area contributed by atoms with Gasteiger partial charge in [0.2, 0.25) is 0 Å². The average Bonchev–Trinajstić information content (AvgIpc) is 3.09. The van der Waals surface area contributed by atoms with Gasteiger partial charge in [0.1, 0.15) is 11.2 Å². The Balaban J connectivity index is 1.87. The van der Waals surface area contributed by atoms with E-state index >= 15 is 0 Å². The van der Waals surface area contributed by atoms with Crippen molar-refractivity contribution >= 4 is 32.8 Å². The van der Waals surface area contributed by atoms with E-state index in [1.165, 1.54) is 49.5 Å². The monoisotopic (exact) mass is 419 g/mol. The first-order valence-electron chi connectivity index (χ1n) is 11.5. The fourth-order valence-corrected chi connectivity index (χ4v) is 5.54. The summed E-state index contributed by atoms with van der Waals surface area (Å²) in [6.07, 6.45) is 0. The fraction of sp³-hybridized carbons (Fsp3) is 0.300. The molecule has 2 aromatic heterocycles. The van der Waals surface area contributed by atoms with Crippen molar-refractivity contribution in [1.82, 2.24) is 4.98 Å². The molecular formula is C30H29NO.